The van der Waals surface area contributed by atoms with Crippen LogP contribution < -0.4 is 0 Å². The third kappa shape index (κ3) is 3.48. The van der Waals surface area contributed by atoms with E-state index in [2.05, 4.69) is 111 Å². The van der Waals surface area contributed by atoms with Gasteiger partial charge < -0.3 is 0 Å². The van der Waals surface area contributed by atoms with Gasteiger partial charge in [0.05, 0.1) is 0 Å². The molecule has 6 rings (SSSR count). The molecule has 0 fully saturated rings. The van der Waals surface area contributed by atoms with Crippen molar-refractivity contribution in [2.24, 2.45) is 0 Å². The van der Waals surface area contributed by atoms with Crippen molar-refractivity contribution >= 4 is 22.9 Å². The zero-order valence-electron chi connectivity index (χ0n) is 19.1. The van der Waals surface area contributed by atoms with Crippen molar-refractivity contribution in [2.45, 2.75) is 36.5 Å². The number of rotatable bonds is 4. The van der Waals surface area contributed by atoms with Crippen LogP contribution in [0.15, 0.2) is 118 Å². The van der Waals surface area contributed by atoms with Crippen LogP contribution in [-0.2, 0) is 12.8 Å². The fraction of sp³-hybridized carbons (Fsp3) is 0.125. The highest BCUT2D eigenvalue weighted by atomic mass is 32.2. The van der Waals surface area contributed by atoms with E-state index in [-0.39, 0.29) is 0 Å². The predicted octanol–water partition coefficient (Wildman–Crippen LogP) is 8.59. The Morgan fingerprint density at radius 3 is 1.33 bits per heavy atom. The first-order valence-corrected chi connectivity index (χ1v) is 12.4. The number of hydrogen-bond donors (Lipinski definition) is 0. The molecular formula is C32H26S. The predicted molar refractivity (Wildman–Crippen MR) is 141 cm³/mol. The van der Waals surface area contributed by atoms with Crippen LogP contribution in [0.2, 0.25) is 0 Å². The highest BCUT2D eigenvalue weighted by molar-refractivity contribution is 7.99. The zero-order valence-corrected chi connectivity index (χ0v) is 19.9. The van der Waals surface area contributed by atoms with Gasteiger partial charge in [0.15, 0.2) is 0 Å². The van der Waals surface area contributed by atoms with Gasteiger partial charge in [0.1, 0.15) is 0 Å². The molecule has 0 bridgehead atoms. The topological polar surface area (TPSA) is 0 Å². The molecule has 0 aromatic heterocycles. The highest BCUT2D eigenvalue weighted by Gasteiger charge is 2.26. The lowest BCUT2D eigenvalue weighted by atomic mass is 9.98. The van der Waals surface area contributed by atoms with E-state index in [0.717, 1.165) is 12.8 Å². The molecule has 0 aliphatic heterocycles. The van der Waals surface area contributed by atoms with E-state index in [1.54, 1.807) is 0 Å². The van der Waals surface area contributed by atoms with Gasteiger partial charge in [-0.15, -0.1) is 0 Å². The fourth-order valence-electron chi connectivity index (χ4n) is 5.45. The SMILES string of the molecule is CC1=C(c2ccccc2)c2cccc(Sc3cccc4c3CC(C)=C4c3ccccc3)c2C1. The van der Waals surface area contributed by atoms with E-state index in [0.29, 0.717) is 0 Å². The fourth-order valence-corrected chi connectivity index (χ4v) is 6.60. The van der Waals surface area contributed by atoms with Crippen LogP contribution in [0.1, 0.15) is 47.2 Å². The van der Waals surface area contributed by atoms with Gasteiger partial charge in [-0.05, 0) is 83.3 Å². The van der Waals surface area contributed by atoms with E-state index in [9.17, 15) is 0 Å². The van der Waals surface area contributed by atoms with Crippen LogP contribution in [0, 0.1) is 0 Å². The number of allylic oxidation sites excluding steroid dienone is 2. The van der Waals surface area contributed by atoms with Crippen LogP contribution in [0.4, 0.5) is 0 Å². The van der Waals surface area contributed by atoms with Crippen LogP contribution in [-0.4, -0.2) is 0 Å². The summed E-state index contributed by atoms with van der Waals surface area (Å²) in [7, 11) is 0. The minimum absolute atomic E-state index is 1.03. The van der Waals surface area contributed by atoms with E-state index in [1.807, 2.05) is 11.8 Å². The molecule has 0 nitrogen and oxygen atoms in total. The van der Waals surface area contributed by atoms with Gasteiger partial charge >= 0.3 is 0 Å². The van der Waals surface area contributed by atoms with Crippen molar-refractivity contribution in [1.82, 2.24) is 0 Å². The second kappa shape index (κ2) is 8.24. The van der Waals surface area contributed by atoms with Gasteiger partial charge in [0.25, 0.3) is 0 Å². The molecule has 1 heteroatoms. The number of hydrogen-bond acceptors (Lipinski definition) is 1. The molecule has 0 unspecified atom stereocenters. The van der Waals surface area contributed by atoms with Gasteiger partial charge in [-0.2, -0.15) is 0 Å². The Hall–Kier alpha value is -3.29. The number of benzene rings is 4. The van der Waals surface area contributed by atoms with Gasteiger partial charge in [-0.3, -0.25) is 0 Å². The van der Waals surface area contributed by atoms with Crippen LogP contribution in [0.5, 0.6) is 0 Å². The van der Waals surface area contributed by atoms with Crippen molar-refractivity contribution in [3.8, 4) is 0 Å². The first-order valence-electron chi connectivity index (χ1n) is 11.6. The lowest BCUT2D eigenvalue weighted by molar-refractivity contribution is 1.11. The first kappa shape index (κ1) is 20.3. The second-order valence-corrected chi connectivity index (χ2v) is 10.1. The summed E-state index contributed by atoms with van der Waals surface area (Å²) in [6.45, 7) is 4.58. The summed E-state index contributed by atoms with van der Waals surface area (Å²) >= 11 is 1.94. The second-order valence-electron chi connectivity index (χ2n) is 9.06. The molecule has 2 aliphatic carbocycles. The van der Waals surface area contributed by atoms with Crippen LogP contribution >= 0.6 is 11.8 Å². The highest BCUT2D eigenvalue weighted by Crippen LogP contribution is 2.46. The molecule has 0 saturated carbocycles. The Kier molecular flexibility index (Phi) is 5.08. The smallest absolute Gasteiger partial charge is 0.0163 e. The quantitative estimate of drug-likeness (QED) is 0.305. The summed E-state index contributed by atoms with van der Waals surface area (Å²) in [6.07, 6.45) is 2.06. The van der Waals surface area contributed by atoms with Gasteiger partial charge in [0, 0.05) is 9.79 Å². The van der Waals surface area contributed by atoms with E-state index in [4.69, 9.17) is 0 Å². The van der Waals surface area contributed by atoms with E-state index < -0.39 is 0 Å². The minimum Gasteiger partial charge on any atom is -0.0895 e. The molecule has 0 atom stereocenters. The monoisotopic (exact) mass is 442 g/mol. The maximum absolute atomic E-state index is 2.30. The lowest BCUT2D eigenvalue weighted by Crippen LogP contribution is -1.92. The van der Waals surface area contributed by atoms with Crippen molar-refractivity contribution in [3.05, 3.63) is 142 Å². The van der Waals surface area contributed by atoms with Crippen molar-refractivity contribution in [1.29, 1.82) is 0 Å². The third-order valence-electron chi connectivity index (χ3n) is 6.89. The average molecular weight is 443 g/mol. The van der Waals surface area contributed by atoms with Crippen molar-refractivity contribution in [2.75, 3.05) is 0 Å². The molecule has 0 N–H and O–H groups in total. The van der Waals surface area contributed by atoms with Crippen molar-refractivity contribution in [3.63, 3.8) is 0 Å². The molecular weight excluding hydrogens is 416 g/mol. The summed E-state index contributed by atoms with van der Waals surface area (Å²) in [5.41, 5.74) is 14.1. The summed E-state index contributed by atoms with van der Waals surface area (Å²) in [5, 5.41) is 0. The van der Waals surface area contributed by atoms with Crippen LogP contribution in [0.25, 0.3) is 11.1 Å². The van der Waals surface area contributed by atoms with Crippen LogP contribution in [0.3, 0.4) is 0 Å². The van der Waals surface area contributed by atoms with E-state index in [1.165, 1.54) is 65.5 Å². The molecule has 0 radical (unpaired) electrons. The molecule has 33 heavy (non-hydrogen) atoms. The normalized spacial score (nSPS) is 14.6. The maximum Gasteiger partial charge on any atom is 0.0163 e. The lowest BCUT2D eigenvalue weighted by Gasteiger charge is -2.14. The zero-order chi connectivity index (χ0) is 22.4. The molecule has 2 aliphatic rings. The Morgan fingerprint density at radius 1 is 0.485 bits per heavy atom. The summed E-state index contributed by atoms with van der Waals surface area (Å²) in [4.78, 5) is 2.77. The molecule has 160 valence electrons. The molecule has 0 spiro atoms. The Balaban J connectivity index is 1.38. The molecule has 4 aromatic rings. The molecule has 0 amide bonds. The largest absolute Gasteiger partial charge is 0.0895 e. The summed E-state index contributed by atoms with van der Waals surface area (Å²) in [6, 6.07) is 35.3. The summed E-state index contributed by atoms with van der Waals surface area (Å²) < 4.78 is 0. The Labute approximate surface area is 200 Å². The Morgan fingerprint density at radius 2 is 0.909 bits per heavy atom. The van der Waals surface area contributed by atoms with Crippen molar-refractivity contribution < 1.29 is 0 Å². The summed E-state index contributed by atoms with van der Waals surface area (Å²) in [5.74, 6) is 0. The van der Waals surface area contributed by atoms with Gasteiger partial charge in [-0.25, -0.2) is 0 Å². The number of fused-ring (bicyclic) bond motifs is 2. The van der Waals surface area contributed by atoms with Gasteiger partial charge in [-0.1, -0.05) is 108 Å². The molecule has 0 saturated heterocycles. The van der Waals surface area contributed by atoms with E-state index >= 15 is 0 Å². The van der Waals surface area contributed by atoms with Gasteiger partial charge in [0.2, 0.25) is 0 Å². The standard InChI is InChI=1S/C32H26S/c1-21-19-27-25(31(21)23-11-5-3-6-12-23)15-9-17-29(27)33-30-18-10-16-26-28(30)20-22(2)32(26)24-13-7-4-8-14-24/h3-18H,19-20H2,1-2H3. The maximum atomic E-state index is 2.30. The molecule has 4 aromatic carbocycles. The third-order valence-corrected chi connectivity index (χ3v) is 8.09. The first-order chi connectivity index (χ1) is 16.2. The minimum atomic E-state index is 1.03. The molecule has 0 heterocycles. The Bertz CT molecular complexity index is 1310. The average Bonchev–Trinajstić information content (AvgIpc) is 3.37.